The number of thiocarbonyl (C=S) groups is 1. The van der Waals surface area contributed by atoms with Crippen molar-refractivity contribution in [2.24, 2.45) is 10.2 Å². The average Bonchev–Trinajstić information content (AvgIpc) is 2.59. The van der Waals surface area contributed by atoms with Crippen LogP contribution in [0.2, 0.25) is 0 Å². The molecule has 0 bridgehead atoms. The number of anilines is 1. The van der Waals surface area contributed by atoms with Crippen LogP contribution in [0.1, 0.15) is 6.42 Å². The number of rotatable bonds is 7. The molecule has 2 aromatic rings. The molecule has 2 N–H and O–H groups in total. The minimum absolute atomic E-state index is 0.597. The van der Waals surface area contributed by atoms with Crippen molar-refractivity contribution in [2.45, 2.75) is 6.42 Å². The van der Waals surface area contributed by atoms with Gasteiger partial charge in [0.05, 0.1) is 11.4 Å². The molecule has 6 heteroatoms. The van der Waals surface area contributed by atoms with Gasteiger partial charge in [-0.15, -0.1) is 0 Å². The summed E-state index contributed by atoms with van der Waals surface area (Å²) in [6.45, 7) is 1.50. The van der Waals surface area contributed by atoms with Crippen molar-refractivity contribution in [1.29, 1.82) is 0 Å². The number of methoxy groups -OCH3 is 1. The van der Waals surface area contributed by atoms with Gasteiger partial charge in [-0.2, -0.15) is 10.2 Å². The van der Waals surface area contributed by atoms with Gasteiger partial charge in [-0.1, -0.05) is 18.2 Å². The lowest BCUT2D eigenvalue weighted by molar-refractivity contribution is 0.196. The number of benzene rings is 2. The monoisotopic (exact) mass is 328 g/mol. The molecule has 5 nitrogen and oxygen atoms in total. The van der Waals surface area contributed by atoms with E-state index in [2.05, 4.69) is 20.9 Å². The zero-order chi connectivity index (χ0) is 16.3. The second-order valence-corrected chi connectivity index (χ2v) is 5.22. The highest BCUT2D eigenvalue weighted by molar-refractivity contribution is 7.80. The number of nitrogens with zero attached hydrogens (tertiary/aromatic N) is 2. The van der Waals surface area contributed by atoms with E-state index in [0.717, 1.165) is 36.6 Å². The molecule has 0 spiro atoms. The maximum atomic E-state index is 5.23. The van der Waals surface area contributed by atoms with E-state index in [-0.39, 0.29) is 0 Å². The van der Waals surface area contributed by atoms with Gasteiger partial charge in [0.25, 0.3) is 0 Å². The van der Waals surface area contributed by atoms with Crippen LogP contribution in [0.4, 0.5) is 17.1 Å². The molecule has 0 aliphatic rings. The molecular weight excluding hydrogens is 308 g/mol. The topological polar surface area (TPSA) is 58.0 Å². The summed E-state index contributed by atoms with van der Waals surface area (Å²) in [5.74, 6) is 0. The Kier molecular flexibility index (Phi) is 7.16. The Labute approximate surface area is 141 Å². The van der Waals surface area contributed by atoms with Gasteiger partial charge in [0.15, 0.2) is 5.11 Å². The van der Waals surface area contributed by atoms with Crippen molar-refractivity contribution in [2.75, 3.05) is 25.6 Å². The number of hydrogen-bond donors (Lipinski definition) is 2. The van der Waals surface area contributed by atoms with Crippen molar-refractivity contribution < 1.29 is 4.74 Å². The van der Waals surface area contributed by atoms with Gasteiger partial charge in [0.1, 0.15) is 0 Å². The molecular formula is C17H20N4OS. The van der Waals surface area contributed by atoms with Crippen molar-refractivity contribution >= 4 is 34.4 Å². The first-order valence-electron chi connectivity index (χ1n) is 7.38. The summed E-state index contributed by atoms with van der Waals surface area (Å²) in [4.78, 5) is 0. The van der Waals surface area contributed by atoms with Crippen LogP contribution in [0, 0.1) is 0 Å². The average molecular weight is 328 g/mol. The highest BCUT2D eigenvalue weighted by atomic mass is 32.1. The van der Waals surface area contributed by atoms with Crippen LogP contribution >= 0.6 is 12.2 Å². The lowest BCUT2D eigenvalue weighted by Crippen LogP contribution is -2.29. The fourth-order valence-corrected chi connectivity index (χ4v) is 2.04. The normalized spacial score (nSPS) is 10.7. The summed E-state index contributed by atoms with van der Waals surface area (Å²) in [6, 6.07) is 17.3. The SMILES string of the molecule is COCCCNC(=S)Nc1ccc(N=Nc2ccccc2)cc1. The highest BCUT2D eigenvalue weighted by Crippen LogP contribution is 2.19. The van der Waals surface area contributed by atoms with Crippen LogP contribution in [-0.4, -0.2) is 25.4 Å². The van der Waals surface area contributed by atoms with Crippen molar-refractivity contribution in [3.63, 3.8) is 0 Å². The van der Waals surface area contributed by atoms with Gasteiger partial charge < -0.3 is 15.4 Å². The van der Waals surface area contributed by atoms with E-state index in [1.807, 2.05) is 54.6 Å². The Morgan fingerprint density at radius 1 is 1.00 bits per heavy atom. The maximum Gasteiger partial charge on any atom is 0.170 e. The van der Waals surface area contributed by atoms with Gasteiger partial charge in [0, 0.05) is 25.9 Å². The third kappa shape index (κ3) is 6.54. The van der Waals surface area contributed by atoms with Gasteiger partial charge in [-0.25, -0.2) is 0 Å². The molecule has 23 heavy (non-hydrogen) atoms. The second kappa shape index (κ2) is 9.66. The maximum absolute atomic E-state index is 5.23. The van der Waals surface area contributed by atoms with E-state index in [4.69, 9.17) is 17.0 Å². The molecule has 2 aromatic carbocycles. The zero-order valence-electron chi connectivity index (χ0n) is 13.0. The van der Waals surface area contributed by atoms with E-state index < -0.39 is 0 Å². The third-order valence-corrected chi connectivity index (χ3v) is 3.22. The van der Waals surface area contributed by atoms with Crippen LogP contribution in [0.3, 0.4) is 0 Å². The summed E-state index contributed by atoms with van der Waals surface area (Å²) in [5, 5.41) is 15.2. The number of nitrogens with one attached hydrogen (secondary N) is 2. The molecule has 0 aromatic heterocycles. The van der Waals surface area contributed by atoms with Gasteiger partial charge in [-0.05, 0) is 55.0 Å². The van der Waals surface area contributed by atoms with E-state index in [9.17, 15) is 0 Å². The Morgan fingerprint density at radius 3 is 2.30 bits per heavy atom. The number of azo groups is 1. The minimum atomic E-state index is 0.597. The molecule has 0 radical (unpaired) electrons. The molecule has 0 fully saturated rings. The smallest absolute Gasteiger partial charge is 0.170 e. The molecule has 0 aliphatic heterocycles. The fourth-order valence-electron chi connectivity index (χ4n) is 1.82. The van der Waals surface area contributed by atoms with Crippen LogP contribution < -0.4 is 10.6 Å². The Bertz CT molecular complexity index is 629. The van der Waals surface area contributed by atoms with Crippen molar-refractivity contribution in [3.8, 4) is 0 Å². The molecule has 0 amide bonds. The van der Waals surface area contributed by atoms with Crippen molar-refractivity contribution in [3.05, 3.63) is 54.6 Å². The van der Waals surface area contributed by atoms with E-state index in [1.165, 1.54) is 0 Å². The first-order valence-corrected chi connectivity index (χ1v) is 7.79. The van der Waals surface area contributed by atoms with E-state index in [0.29, 0.717) is 5.11 Å². The zero-order valence-corrected chi connectivity index (χ0v) is 13.8. The summed E-state index contributed by atoms with van der Waals surface area (Å²) in [6.07, 6.45) is 0.914. The lowest BCUT2D eigenvalue weighted by atomic mass is 10.3. The van der Waals surface area contributed by atoms with Crippen LogP contribution in [0.15, 0.2) is 64.8 Å². The van der Waals surface area contributed by atoms with Gasteiger partial charge in [-0.3, -0.25) is 0 Å². The first kappa shape index (κ1) is 17.1. The largest absolute Gasteiger partial charge is 0.385 e. The van der Waals surface area contributed by atoms with Crippen LogP contribution in [0.5, 0.6) is 0 Å². The highest BCUT2D eigenvalue weighted by Gasteiger charge is 1.98. The molecule has 0 saturated heterocycles. The first-order chi connectivity index (χ1) is 11.3. The summed E-state index contributed by atoms with van der Waals surface area (Å²) in [7, 11) is 1.69. The molecule has 0 aliphatic carbocycles. The van der Waals surface area contributed by atoms with Crippen molar-refractivity contribution in [1.82, 2.24) is 5.32 Å². The third-order valence-electron chi connectivity index (χ3n) is 2.97. The Balaban J connectivity index is 1.82. The molecule has 120 valence electrons. The van der Waals surface area contributed by atoms with E-state index >= 15 is 0 Å². The minimum Gasteiger partial charge on any atom is -0.385 e. The van der Waals surface area contributed by atoms with Crippen LogP contribution in [0.25, 0.3) is 0 Å². The molecule has 0 saturated carbocycles. The standard InChI is InChI=1S/C17H20N4OS/c1-22-13-5-12-18-17(23)19-14-8-10-16(11-9-14)21-20-15-6-3-2-4-7-15/h2-4,6-11H,5,12-13H2,1H3,(H2,18,19,23). The predicted octanol–water partition coefficient (Wildman–Crippen LogP) is 4.42. The summed E-state index contributed by atoms with van der Waals surface area (Å²) < 4.78 is 4.99. The summed E-state index contributed by atoms with van der Waals surface area (Å²) in [5.41, 5.74) is 2.53. The van der Waals surface area contributed by atoms with E-state index in [1.54, 1.807) is 7.11 Å². The van der Waals surface area contributed by atoms with Gasteiger partial charge in [0.2, 0.25) is 0 Å². The number of hydrogen-bond acceptors (Lipinski definition) is 4. The summed E-state index contributed by atoms with van der Waals surface area (Å²) >= 11 is 5.23. The van der Waals surface area contributed by atoms with Crippen LogP contribution in [-0.2, 0) is 4.74 Å². The quantitative estimate of drug-likeness (QED) is 0.448. The molecule has 2 rings (SSSR count). The number of ether oxygens (including phenoxy) is 1. The Morgan fingerprint density at radius 2 is 1.65 bits per heavy atom. The fraction of sp³-hybridized carbons (Fsp3) is 0.235. The molecule has 0 unspecified atom stereocenters. The molecule has 0 heterocycles. The Hall–Kier alpha value is -2.31. The lowest BCUT2D eigenvalue weighted by Gasteiger charge is -2.10. The predicted molar refractivity (Wildman–Crippen MR) is 97.8 cm³/mol. The molecule has 0 atom stereocenters. The van der Waals surface area contributed by atoms with Gasteiger partial charge >= 0.3 is 0 Å². The second-order valence-electron chi connectivity index (χ2n) is 4.81.